The van der Waals surface area contributed by atoms with Crippen LogP contribution >= 0.6 is 0 Å². The van der Waals surface area contributed by atoms with Crippen LogP contribution in [0.1, 0.15) is 43.9 Å². The van der Waals surface area contributed by atoms with Crippen molar-refractivity contribution in [1.82, 2.24) is 5.32 Å². The number of benzene rings is 1. The average Bonchev–Trinajstić information content (AvgIpc) is 2.35. The van der Waals surface area contributed by atoms with Gasteiger partial charge in [-0.05, 0) is 32.4 Å². The van der Waals surface area contributed by atoms with Crippen LogP contribution in [-0.2, 0) is 0 Å². The van der Waals surface area contributed by atoms with E-state index in [0.717, 1.165) is 18.1 Å². The summed E-state index contributed by atoms with van der Waals surface area (Å²) < 4.78 is 5.46. The lowest BCUT2D eigenvalue weighted by atomic mass is 9.93. The lowest BCUT2D eigenvalue weighted by molar-refractivity contribution is 0.380. The highest BCUT2D eigenvalue weighted by Crippen LogP contribution is 2.30. The highest BCUT2D eigenvalue weighted by atomic mass is 16.5. The molecule has 0 saturated heterocycles. The normalized spacial score (nSPS) is 14.4. The number of methoxy groups -OCH3 is 1. The van der Waals surface area contributed by atoms with Gasteiger partial charge in [0, 0.05) is 11.6 Å². The minimum Gasteiger partial charge on any atom is -0.496 e. The zero-order valence-electron chi connectivity index (χ0n) is 11.7. The van der Waals surface area contributed by atoms with E-state index in [1.807, 2.05) is 7.05 Å². The molecule has 0 aliphatic rings. The Kier molecular flexibility index (Phi) is 5.49. The second-order valence-corrected chi connectivity index (χ2v) is 4.84. The summed E-state index contributed by atoms with van der Waals surface area (Å²) in [5, 5.41) is 3.41. The summed E-state index contributed by atoms with van der Waals surface area (Å²) in [7, 11) is 3.76. The third-order valence-electron chi connectivity index (χ3n) is 3.44. The van der Waals surface area contributed by atoms with Gasteiger partial charge in [0.05, 0.1) is 7.11 Å². The first-order chi connectivity index (χ1) is 8.12. The predicted octanol–water partition coefficient (Wildman–Crippen LogP) is 3.70. The summed E-state index contributed by atoms with van der Waals surface area (Å²) in [6.45, 7) is 6.66. The number of aryl methyl sites for hydroxylation is 1. The molecular formula is C15H25NO. The Hall–Kier alpha value is -1.02. The van der Waals surface area contributed by atoms with E-state index in [4.69, 9.17) is 4.74 Å². The molecule has 0 bridgehead atoms. The first-order valence-electron chi connectivity index (χ1n) is 6.44. The van der Waals surface area contributed by atoms with E-state index in [2.05, 4.69) is 44.3 Å². The van der Waals surface area contributed by atoms with Gasteiger partial charge in [0.15, 0.2) is 0 Å². The summed E-state index contributed by atoms with van der Waals surface area (Å²) in [6, 6.07) is 6.76. The SMILES string of the molecule is CCC(C)CC(NC)c1cc(C)ccc1OC. The first-order valence-corrected chi connectivity index (χ1v) is 6.44. The maximum atomic E-state index is 5.46. The van der Waals surface area contributed by atoms with E-state index in [1.54, 1.807) is 7.11 Å². The van der Waals surface area contributed by atoms with Gasteiger partial charge in [-0.2, -0.15) is 0 Å². The van der Waals surface area contributed by atoms with Crippen molar-refractivity contribution < 1.29 is 4.74 Å². The largest absolute Gasteiger partial charge is 0.496 e. The Labute approximate surface area is 105 Å². The maximum absolute atomic E-state index is 5.46. The second-order valence-electron chi connectivity index (χ2n) is 4.84. The van der Waals surface area contributed by atoms with Crippen LogP contribution in [0.3, 0.4) is 0 Å². The van der Waals surface area contributed by atoms with Crippen LogP contribution in [0.2, 0.25) is 0 Å². The third kappa shape index (κ3) is 3.74. The van der Waals surface area contributed by atoms with Gasteiger partial charge in [0.1, 0.15) is 5.75 Å². The molecule has 0 aliphatic carbocycles. The van der Waals surface area contributed by atoms with Gasteiger partial charge in [0.2, 0.25) is 0 Å². The molecule has 1 aromatic rings. The van der Waals surface area contributed by atoms with Gasteiger partial charge in [-0.15, -0.1) is 0 Å². The summed E-state index contributed by atoms with van der Waals surface area (Å²) in [6.07, 6.45) is 2.36. The monoisotopic (exact) mass is 235 g/mol. The van der Waals surface area contributed by atoms with Gasteiger partial charge in [-0.1, -0.05) is 38.0 Å². The Morgan fingerprint density at radius 2 is 2.06 bits per heavy atom. The molecular weight excluding hydrogens is 210 g/mol. The molecule has 1 rings (SSSR count). The summed E-state index contributed by atoms with van der Waals surface area (Å²) in [4.78, 5) is 0. The number of nitrogens with one attached hydrogen (secondary N) is 1. The predicted molar refractivity (Wildman–Crippen MR) is 73.6 cm³/mol. The van der Waals surface area contributed by atoms with Gasteiger partial charge < -0.3 is 10.1 Å². The second kappa shape index (κ2) is 6.65. The lowest BCUT2D eigenvalue weighted by Gasteiger charge is -2.22. The molecule has 0 aromatic heterocycles. The molecule has 0 spiro atoms. The molecule has 0 radical (unpaired) electrons. The van der Waals surface area contributed by atoms with E-state index in [-0.39, 0.29) is 0 Å². The summed E-state index contributed by atoms with van der Waals surface area (Å²) in [5.74, 6) is 1.70. The van der Waals surface area contributed by atoms with Crippen molar-refractivity contribution in [1.29, 1.82) is 0 Å². The molecule has 17 heavy (non-hydrogen) atoms. The van der Waals surface area contributed by atoms with E-state index >= 15 is 0 Å². The van der Waals surface area contributed by atoms with Crippen molar-refractivity contribution in [2.75, 3.05) is 14.2 Å². The van der Waals surface area contributed by atoms with Crippen molar-refractivity contribution in [3.8, 4) is 5.75 Å². The average molecular weight is 235 g/mol. The highest BCUT2D eigenvalue weighted by molar-refractivity contribution is 5.39. The molecule has 2 atom stereocenters. The zero-order valence-corrected chi connectivity index (χ0v) is 11.7. The van der Waals surface area contributed by atoms with Crippen molar-refractivity contribution in [2.45, 2.75) is 39.7 Å². The Balaban J connectivity index is 2.97. The summed E-state index contributed by atoms with van der Waals surface area (Å²) in [5.41, 5.74) is 2.56. The van der Waals surface area contributed by atoms with E-state index < -0.39 is 0 Å². The van der Waals surface area contributed by atoms with Crippen LogP contribution in [0.25, 0.3) is 0 Å². The molecule has 0 amide bonds. The third-order valence-corrected chi connectivity index (χ3v) is 3.44. The molecule has 96 valence electrons. The van der Waals surface area contributed by atoms with Crippen LogP contribution < -0.4 is 10.1 Å². The first kappa shape index (κ1) is 14.0. The fourth-order valence-corrected chi connectivity index (χ4v) is 2.10. The molecule has 0 aliphatic heterocycles. The van der Waals surface area contributed by atoms with Crippen molar-refractivity contribution >= 4 is 0 Å². The Morgan fingerprint density at radius 1 is 1.35 bits per heavy atom. The molecule has 0 saturated carbocycles. The maximum Gasteiger partial charge on any atom is 0.123 e. The van der Waals surface area contributed by atoms with Crippen molar-refractivity contribution in [3.63, 3.8) is 0 Å². The molecule has 2 heteroatoms. The quantitative estimate of drug-likeness (QED) is 0.811. The number of ether oxygens (including phenoxy) is 1. The topological polar surface area (TPSA) is 21.3 Å². The van der Waals surface area contributed by atoms with Crippen molar-refractivity contribution in [2.24, 2.45) is 5.92 Å². The van der Waals surface area contributed by atoms with Crippen LogP contribution in [-0.4, -0.2) is 14.2 Å². The molecule has 1 N–H and O–H groups in total. The fraction of sp³-hybridized carbons (Fsp3) is 0.600. The van der Waals surface area contributed by atoms with Crippen LogP contribution in [0.15, 0.2) is 18.2 Å². The fourth-order valence-electron chi connectivity index (χ4n) is 2.10. The van der Waals surface area contributed by atoms with Gasteiger partial charge in [-0.25, -0.2) is 0 Å². The highest BCUT2D eigenvalue weighted by Gasteiger charge is 2.16. The van der Waals surface area contributed by atoms with E-state index in [9.17, 15) is 0 Å². The standard InChI is InChI=1S/C15H25NO/c1-6-11(2)10-14(16-4)13-9-12(3)7-8-15(13)17-5/h7-9,11,14,16H,6,10H2,1-5H3. The Morgan fingerprint density at radius 3 is 2.59 bits per heavy atom. The summed E-state index contributed by atoms with van der Waals surface area (Å²) >= 11 is 0. The van der Waals surface area contributed by atoms with Gasteiger partial charge in [-0.3, -0.25) is 0 Å². The van der Waals surface area contributed by atoms with Crippen LogP contribution in [0, 0.1) is 12.8 Å². The Bertz CT molecular complexity index is 349. The van der Waals surface area contributed by atoms with Crippen LogP contribution in [0.5, 0.6) is 5.75 Å². The van der Waals surface area contributed by atoms with E-state index in [0.29, 0.717) is 6.04 Å². The molecule has 0 heterocycles. The zero-order chi connectivity index (χ0) is 12.8. The number of rotatable bonds is 6. The van der Waals surface area contributed by atoms with Crippen LogP contribution in [0.4, 0.5) is 0 Å². The number of hydrogen-bond acceptors (Lipinski definition) is 2. The smallest absolute Gasteiger partial charge is 0.123 e. The van der Waals surface area contributed by atoms with Crippen molar-refractivity contribution in [3.05, 3.63) is 29.3 Å². The molecule has 2 unspecified atom stereocenters. The minimum atomic E-state index is 0.375. The molecule has 0 fully saturated rings. The molecule has 1 aromatic carbocycles. The molecule has 2 nitrogen and oxygen atoms in total. The van der Waals surface area contributed by atoms with Gasteiger partial charge >= 0.3 is 0 Å². The number of hydrogen-bond donors (Lipinski definition) is 1. The van der Waals surface area contributed by atoms with E-state index in [1.165, 1.54) is 17.5 Å². The van der Waals surface area contributed by atoms with Gasteiger partial charge in [0.25, 0.3) is 0 Å². The lowest BCUT2D eigenvalue weighted by Crippen LogP contribution is -2.19. The minimum absolute atomic E-state index is 0.375.